The first-order valence-electron chi connectivity index (χ1n) is 12.3. The molecule has 3 aromatic rings. The molecule has 0 saturated carbocycles. The number of nitrogen functional groups attached to an aromatic ring is 1. The van der Waals surface area contributed by atoms with Crippen LogP contribution in [0.2, 0.25) is 0 Å². The van der Waals surface area contributed by atoms with Crippen molar-refractivity contribution in [3.8, 4) is 23.3 Å². The molecule has 210 valence electrons. The Kier molecular flexibility index (Phi) is 7.41. The van der Waals surface area contributed by atoms with Gasteiger partial charge < -0.3 is 46.7 Å². The number of carbonyl (C=O) groups is 2. The van der Waals surface area contributed by atoms with Crippen molar-refractivity contribution in [1.29, 1.82) is 0 Å². The fourth-order valence-electron chi connectivity index (χ4n) is 4.67. The minimum absolute atomic E-state index is 0.0516. The van der Waals surface area contributed by atoms with Crippen LogP contribution in [0, 0.1) is 17.8 Å². The van der Waals surface area contributed by atoms with Gasteiger partial charge in [-0.3, -0.25) is 14.2 Å². The topological polar surface area (TPSA) is 244 Å². The molecule has 1 amide bonds. The van der Waals surface area contributed by atoms with Crippen molar-refractivity contribution in [2.24, 2.45) is 17.4 Å². The number of nitrogens with zero attached hydrogens (tertiary/aromatic N) is 4. The van der Waals surface area contributed by atoms with Gasteiger partial charge in [-0.05, 0) is 31.4 Å². The molecule has 0 radical (unpaired) electrons. The molecule has 4 heterocycles. The lowest BCUT2D eigenvalue weighted by molar-refractivity contribution is -0.138. The Hall–Kier alpha value is -4.49. The van der Waals surface area contributed by atoms with Crippen LogP contribution in [-0.4, -0.2) is 77.9 Å². The van der Waals surface area contributed by atoms with E-state index >= 15 is 0 Å². The SMILES string of the molecule is NC(=O)c1cc(C#C[C@@H](CC[C@H](N)C(=O)O)C[C@H]2O[C@@H](n3cnc4c(N)ncnc43)[C@H](O)[C@@H]2O)c2c(c1)OCO2. The van der Waals surface area contributed by atoms with E-state index in [2.05, 4.69) is 26.8 Å². The molecule has 5 rings (SSSR count). The highest BCUT2D eigenvalue weighted by Gasteiger charge is 2.45. The highest BCUT2D eigenvalue weighted by Crippen LogP contribution is 2.37. The lowest BCUT2D eigenvalue weighted by Crippen LogP contribution is -2.33. The molecule has 0 unspecified atom stereocenters. The number of primary amides is 1. The lowest BCUT2D eigenvalue weighted by Gasteiger charge is -2.19. The van der Waals surface area contributed by atoms with Gasteiger partial charge in [0.2, 0.25) is 12.7 Å². The third-order valence-electron chi connectivity index (χ3n) is 6.83. The van der Waals surface area contributed by atoms with Crippen LogP contribution in [-0.2, 0) is 9.53 Å². The monoisotopic (exact) mass is 553 g/mol. The number of nitrogens with two attached hydrogens (primary N) is 3. The highest BCUT2D eigenvalue weighted by atomic mass is 16.7. The Morgan fingerprint density at radius 1 is 1.15 bits per heavy atom. The van der Waals surface area contributed by atoms with Gasteiger partial charge in [0.15, 0.2) is 29.2 Å². The average molecular weight is 554 g/mol. The van der Waals surface area contributed by atoms with Crippen molar-refractivity contribution >= 4 is 28.9 Å². The van der Waals surface area contributed by atoms with Crippen LogP contribution >= 0.6 is 0 Å². The molecule has 1 aromatic carbocycles. The van der Waals surface area contributed by atoms with Crippen molar-refractivity contribution in [3.63, 3.8) is 0 Å². The Morgan fingerprint density at radius 3 is 2.70 bits per heavy atom. The summed E-state index contributed by atoms with van der Waals surface area (Å²) < 4.78 is 18.4. The average Bonchev–Trinajstić information content (AvgIpc) is 3.64. The van der Waals surface area contributed by atoms with E-state index in [0.717, 1.165) is 0 Å². The zero-order valence-electron chi connectivity index (χ0n) is 21.0. The van der Waals surface area contributed by atoms with Crippen molar-refractivity contribution in [2.75, 3.05) is 12.5 Å². The Labute approximate surface area is 226 Å². The Morgan fingerprint density at radius 2 is 1.95 bits per heavy atom. The number of rotatable bonds is 8. The normalized spacial score (nSPS) is 23.0. The predicted octanol–water partition coefficient (Wildman–Crippen LogP) is -0.895. The number of amides is 1. The molecule has 0 bridgehead atoms. The number of anilines is 1. The minimum Gasteiger partial charge on any atom is -0.480 e. The molecule has 15 nitrogen and oxygen atoms in total. The molecule has 0 spiro atoms. The summed E-state index contributed by atoms with van der Waals surface area (Å²) in [4.78, 5) is 35.3. The van der Waals surface area contributed by atoms with E-state index < -0.39 is 48.4 Å². The van der Waals surface area contributed by atoms with E-state index in [0.29, 0.717) is 28.2 Å². The smallest absolute Gasteiger partial charge is 0.320 e. The molecule has 6 atom stereocenters. The van der Waals surface area contributed by atoms with Gasteiger partial charge in [0.05, 0.1) is 18.0 Å². The van der Waals surface area contributed by atoms with Crippen molar-refractivity contribution in [3.05, 3.63) is 35.9 Å². The number of carboxylic acid groups (broad SMARTS) is 1. The van der Waals surface area contributed by atoms with Crippen LogP contribution < -0.4 is 26.7 Å². The molecular weight excluding hydrogens is 526 g/mol. The van der Waals surface area contributed by atoms with Crippen LogP contribution in [0.3, 0.4) is 0 Å². The van der Waals surface area contributed by atoms with E-state index in [1.54, 1.807) is 0 Å². The molecule has 2 aromatic heterocycles. The molecule has 15 heteroatoms. The molecule has 2 aliphatic rings. The molecule has 0 aliphatic carbocycles. The number of hydrogen-bond donors (Lipinski definition) is 6. The van der Waals surface area contributed by atoms with Crippen LogP contribution in [0.4, 0.5) is 5.82 Å². The van der Waals surface area contributed by atoms with E-state index in [1.165, 1.54) is 29.4 Å². The number of benzene rings is 1. The first kappa shape index (κ1) is 27.1. The number of fused-ring (bicyclic) bond motifs is 2. The standard InChI is InChI=1S/C25H27N7O8/c26-14(25(36)37)4-2-11(1-3-12-6-13(22(28)35)7-16-20(12)39-10-38-16)5-15-18(33)19(34)24(40-15)32-9-31-17-21(27)29-8-30-23(17)32/h6-9,11,14-15,18-19,24,33-34H,2,4-5,10,26H2,(H2,28,35)(H,36,37)(H2,27,29,30)/t11-,14-,15+,18+,19+,24+/m0/s1. The first-order valence-corrected chi connectivity index (χ1v) is 12.3. The molecule has 40 heavy (non-hydrogen) atoms. The molecular formula is C25H27N7O8. The number of aliphatic carboxylic acids is 1. The van der Waals surface area contributed by atoms with E-state index in [-0.39, 0.29) is 37.4 Å². The summed E-state index contributed by atoms with van der Waals surface area (Å²) >= 11 is 0. The van der Waals surface area contributed by atoms with Crippen LogP contribution in [0.1, 0.15) is 41.4 Å². The number of aliphatic hydroxyl groups excluding tert-OH is 2. The second kappa shape index (κ2) is 10.9. The second-order valence-electron chi connectivity index (χ2n) is 9.48. The first-order chi connectivity index (χ1) is 19.1. The Bertz CT molecular complexity index is 1520. The van der Waals surface area contributed by atoms with Crippen LogP contribution in [0.15, 0.2) is 24.8 Å². The molecule has 1 saturated heterocycles. The van der Waals surface area contributed by atoms with E-state index in [1.807, 2.05) is 0 Å². The third kappa shape index (κ3) is 5.20. The summed E-state index contributed by atoms with van der Waals surface area (Å²) in [7, 11) is 0. The number of ether oxygens (including phenoxy) is 3. The number of carbonyl (C=O) groups excluding carboxylic acids is 1. The predicted molar refractivity (Wildman–Crippen MR) is 137 cm³/mol. The molecule has 1 fully saturated rings. The number of aromatic nitrogens is 4. The van der Waals surface area contributed by atoms with E-state index in [9.17, 15) is 24.9 Å². The quantitative estimate of drug-likeness (QED) is 0.186. The van der Waals surface area contributed by atoms with Gasteiger partial charge >= 0.3 is 5.97 Å². The maximum Gasteiger partial charge on any atom is 0.320 e. The molecule has 2 aliphatic heterocycles. The van der Waals surface area contributed by atoms with Gasteiger partial charge in [-0.2, -0.15) is 0 Å². The Balaban J connectivity index is 1.41. The van der Waals surface area contributed by atoms with Gasteiger partial charge in [0.25, 0.3) is 0 Å². The maximum atomic E-state index is 11.8. The van der Waals surface area contributed by atoms with Crippen LogP contribution in [0.25, 0.3) is 11.2 Å². The fraction of sp³-hybridized carbons (Fsp3) is 0.400. The van der Waals surface area contributed by atoms with Crippen molar-refractivity contribution in [1.82, 2.24) is 19.5 Å². The van der Waals surface area contributed by atoms with Gasteiger partial charge in [0.1, 0.15) is 30.1 Å². The van der Waals surface area contributed by atoms with Crippen molar-refractivity contribution < 1.29 is 39.1 Å². The minimum atomic E-state index is -1.34. The summed E-state index contributed by atoms with van der Waals surface area (Å²) in [5, 5.41) is 30.9. The lowest BCUT2D eigenvalue weighted by atomic mass is 9.92. The number of hydrogen-bond acceptors (Lipinski definition) is 12. The van der Waals surface area contributed by atoms with Crippen molar-refractivity contribution in [2.45, 2.75) is 49.8 Å². The van der Waals surface area contributed by atoms with Gasteiger partial charge in [-0.15, -0.1) is 0 Å². The number of aliphatic hydroxyl groups is 2. The van der Waals surface area contributed by atoms with Gasteiger partial charge in [-0.25, -0.2) is 15.0 Å². The summed E-state index contributed by atoms with van der Waals surface area (Å²) in [6, 6.07) is 1.81. The second-order valence-corrected chi connectivity index (χ2v) is 9.48. The van der Waals surface area contributed by atoms with Gasteiger partial charge in [-0.1, -0.05) is 11.8 Å². The zero-order valence-corrected chi connectivity index (χ0v) is 21.0. The fourth-order valence-corrected chi connectivity index (χ4v) is 4.67. The largest absolute Gasteiger partial charge is 0.480 e. The van der Waals surface area contributed by atoms with Crippen LogP contribution in [0.5, 0.6) is 11.5 Å². The number of carboxylic acids is 1. The molecule has 9 N–H and O–H groups in total. The number of imidazole rings is 1. The summed E-state index contributed by atoms with van der Waals surface area (Å²) in [6.07, 6.45) is -1.49. The summed E-state index contributed by atoms with van der Waals surface area (Å²) in [5.74, 6) is 4.47. The zero-order chi connectivity index (χ0) is 28.6. The summed E-state index contributed by atoms with van der Waals surface area (Å²) in [5.41, 5.74) is 18.2. The summed E-state index contributed by atoms with van der Waals surface area (Å²) in [6.45, 7) is -0.0516. The van der Waals surface area contributed by atoms with Gasteiger partial charge in [0, 0.05) is 11.5 Å². The van der Waals surface area contributed by atoms with E-state index in [4.69, 9.17) is 31.4 Å². The highest BCUT2D eigenvalue weighted by molar-refractivity contribution is 5.94. The maximum absolute atomic E-state index is 11.8. The third-order valence-corrected chi connectivity index (χ3v) is 6.83.